The van der Waals surface area contributed by atoms with Crippen LogP contribution < -0.4 is 0 Å². The molecule has 0 saturated carbocycles. The van der Waals surface area contributed by atoms with Crippen molar-refractivity contribution in [2.45, 2.75) is 6.61 Å². The Bertz CT molecular complexity index is 699. The van der Waals surface area contributed by atoms with E-state index < -0.39 is 5.97 Å². The molecule has 0 bridgehead atoms. The number of aromatic amines is 1. The maximum absolute atomic E-state index is 11.7. The number of hydrogen-bond donors (Lipinski definition) is 1. The molecular formula is C13H9ClN2O3. The van der Waals surface area contributed by atoms with Gasteiger partial charge in [0.15, 0.2) is 12.2 Å². The van der Waals surface area contributed by atoms with Gasteiger partial charge in [0.25, 0.3) is 0 Å². The van der Waals surface area contributed by atoms with Crippen LogP contribution in [0.15, 0.2) is 40.9 Å². The van der Waals surface area contributed by atoms with E-state index in [0.717, 1.165) is 5.52 Å². The number of fused-ring (bicyclic) bond motifs is 1. The van der Waals surface area contributed by atoms with Gasteiger partial charge in [-0.25, -0.2) is 9.78 Å². The normalized spacial score (nSPS) is 10.8. The third kappa shape index (κ3) is 2.46. The summed E-state index contributed by atoms with van der Waals surface area (Å²) in [6.45, 7) is -0.0237. The Hall–Kier alpha value is -2.27. The number of benzene rings is 1. The SMILES string of the molecule is O=C(OCc1nc2ccccc2o1)c1cc(Cl)c[nH]1. The van der Waals surface area contributed by atoms with Gasteiger partial charge in [-0.3, -0.25) is 0 Å². The molecule has 0 fully saturated rings. The zero-order chi connectivity index (χ0) is 13.2. The predicted octanol–water partition coefficient (Wildman–Crippen LogP) is 3.17. The van der Waals surface area contributed by atoms with Crippen molar-refractivity contribution in [1.82, 2.24) is 9.97 Å². The van der Waals surface area contributed by atoms with Gasteiger partial charge in [0.2, 0.25) is 5.89 Å². The summed E-state index contributed by atoms with van der Waals surface area (Å²) in [5.74, 6) is -0.152. The van der Waals surface area contributed by atoms with Gasteiger partial charge in [0.05, 0.1) is 5.02 Å². The van der Waals surface area contributed by atoms with Gasteiger partial charge in [-0.1, -0.05) is 23.7 Å². The number of aromatic nitrogens is 2. The first kappa shape index (κ1) is 11.8. The van der Waals surface area contributed by atoms with E-state index in [0.29, 0.717) is 22.2 Å². The number of para-hydroxylation sites is 2. The van der Waals surface area contributed by atoms with Gasteiger partial charge < -0.3 is 14.1 Å². The van der Waals surface area contributed by atoms with Crippen molar-refractivity contribution in [3.05, 3.63) is 53.1 Å². The first-order valence-electron chi connectivity index (χ1n) is 5.58. The number of halogens is 1. The number of H-pyrrole nitrogens is 1. The van der Waals surface area contributed by atoms with E-state index in [1.807, 2.05) is 18.2 Å². The lowest BCUT2D eigenvalue weighted by Crippen LogP contribution is -2.05. The average Bonchev–Trinajstić information content (AvgIpc) is 3.01. The molecule has 0 saturated heterocycles. The summed E-state index contributed by atoms with van der Waals surface area (Å²) in [5.41, 5.74) is 1.69. The molecule has 19 heavy (non-hydrogen) atoms. The fourth-order valence-corrected chi connectivity index (χ4v) is 1.84. The minimum atomic E-state index is -0.505. The molecule has 0 aliphatic heterocycles. The summed E-state index contributed by atoms with van der Waals surface area (Å²) in [6.07, 6.45) is 1.51. The van der Waals surface area contributed by atoms with Crippen LogP contribution in [0.3, 0.4) is 0 Å². The molecule has 2 heterocycles. The van der Waals surface area contributed by atoms with Crippen LogP contribution in [-0.2, 0) is 11.3 Å². The molecule has 6 heteroatoms. The number of rotatable bonds is 3. The molecule has 1 N–H and O–H groups in total. The number of hydrogen-bond acceptors (Lipinski definition) is 4. The van der Waals surface area contributed by atoms with E-state index in [1.54, 1.807) is 6.07 Å². The fraction of sp³-hybridized carbons (Fsp3) is 0.0769. The molecule has 0 radical (unpaired) electrons. The molecule has 3 rings (SSSR count). The van der Waals surface area contributed by atoms with E-state index in [1.165, 1.54) is 12.3 Å². The van der Waals surface area contributed by atoms with E-state index in [9.17, 15) is 4.79 Å². The summed E-state index contributed by atoms with van der Waals surface area (Å²) >= 11 is 5.71. The first-order valence-corrected chi connectivity index (χ1v) is 5.95. The largest absolute Gasteiger partial charge is 0.451 e. The smallest absolute Gasteiger partial charge is 0.355 e. The molecule has 96 valence electrons. The van der Waals surface area contributed by atoms with Crippen LogP contribution in [0.5, 0.6) is 0 Å². The van der Waals surface area contributed by atoms with Gasteiger partial charge in [-0.05, 0) is 18.2 Å². The van der Waals surface area contributed by atoms with Crippen LogP contribution >= 0.6 is 11.6 Å². The van der Waals surface area contributed by atoms with E-state index in [4.69, 9.17) is 20.8 Å². The highest BCUT2D eigenvalue weighted by atomic mass is 35.5. The highest BCUT2D eigenvalue weighted by Gasteiger charge is 2.12. The maximum Gasteiger partial charge on any atom is 0.355 e. The Balaban J connectivity index is 1.70. The molecule has 2 aromatic heterocycles. The standard InChI is InChI=1S/C13H9ClN2O3/c14-8-5-10(15-6-8)13(17)18-7-12-16-9-3-1-2-4-11(9)19-12/h1-6,15H,7H2. The minimum absolute atomic E-state index is 0.0237. The van der Waals surface area contributed by atoms with Gasteiger partial charge in [0.1, 0.15) is 11.2 Å². The summed E-state index contributed by atoms with van der Waals surface area (Å²) in [6, 6.07) is 8.84. The summed E-state index contributed by atoms with van der Waals surface area (Å²) in [4.78, 5) is 18.6. The fourth-order valence-electron chi connectivity index (χ4n) is 1.67. The number of carbonyl (C=O) groups excluding carboxylic acids is 1. The topological polar surface area (TPSA) is 68.1 Å². The molecular weight excluding hydrogens is 268 g/mol. The Kier molecular flexibility index (Phi) is 2.97. The Morgan fingerprint density at radius 3 is 3.00 bits per heavy atom. The molecule has 0 unspecified atom stereocenters. The van der Waals surface area contributed by atoms with Crippen molar-refractivity contribution < 1.29 is 13.9 Å². The maximum atomic E-state index is 11.7. The Morgan fingerprint density at radius 1 is 1.42 bits per heavy atom. The number of nitrogens with one attached hydrogen (secondary N) is 1. The van der Waals surface area contributed by atoms with Crippen molar-refractivity contribution in [3.8, 4) is 0 Å². The number of esters is 1. The molecule has 1 aromatic carbocycles. The van der Waals surface area contributed by atoms with Crippen molar-refractivity contribution in [1.29, 1.82) is 0 Å². The van der Waals surface area contributed by atoms with Gasteiger partial charge >= 0.3 is 5.97 Å². The lowest BCUT2D eigenvalue weighted by Gasteiger charge is -1.99. The van der Waals surface area contributed by atoms with Crippen LogP contribution in [0.4, 0.5) is 0 Å². The zero-order valence-corrected chi connectivity index (χ0v) is 10.5. The average molecular weight is 277 g/mol. The summed E-state index contributed by atoms with van der Waals surface area (Å²) in [5, 5.41) is 0.453. The van der Waals surface area contributed by atoms with Gasteiger partial charge in [-0.2, -0.15) is 0 Å². The van der Waals surface area contributed by atoms with Gasteiger partial charge in [-0.15, -0.1) is 0 Å². The van der Waals surface area contributed by atoms with E-state index >= 15 is 0 Å². The number of carbonyl (C=O) groups is 1. The van der Waals surface area contributed by atoms with E-state index in [2.05, 4.69) is 9.97 Å². The van der Waals surface area contributed by atoms with Crippen LogP contribution in [0.2, 0.25) is 5.02 Å². The second kappa shape index (κ2) is 4.78. The number of oxazole rings is 1. The van der Waals surface area contributed by atoms with Crippen LogP contribution in [0.1, 0.15) is 16.4 Å². The highest BCUT2D eigenvalue weighted by molar-refractivity contribution is 6.30. The zero-order valence-electron chi connectivity index (χ0n) is 9.72. The van der Waals surface area contributed by atoms with Crippen LogP contribution in [0, 0.1) is 0 Å². The van der Waals surface area contributed by atoms with E-state index in [-0.39, 0.29) is 6.61 Å². The number of nitrogens with zero attached hydrogens (tertiary/aromatic N) is 1. The highest BCUT2D eigenvalue weighted by Crippen LogP contribution is 2.16. The lowest BCUT2D eigenvalue weighted by molar-refractivity contribution is 0.0434. The minimum Gasteiger partial charge on any atom is -0.451 e. The molecule has 0 spiro atoms. The van der Waals surface area contributed by atoms with Crippen molar-refractivity contribution in [3.63, 3.8) is 0 Å². The summed E-state index contributed by atoms with van der Waals surface area (Å²) in [7, 11) is 0. The van der Waals surface area contributed by atoms with Crippen LogP contribution in [-0.4, -0.2) is 15.9 Å². The third-order valence-corrected chi connectivity index (χ3v) is 2.75. The lowest BCUT2D eigenvalue weighted by atomic mass is 10.3. The Morgan fingerprint density at radius 2 is 2.26 bits per heavy atom. The van der Waals surface area contributed by atoms with Gasteiger partial charge in [0, 0.05) is 6.20 Å². The summed E-state index contributed by atoms with van der Waals surface area (Å²) < 4.78 is 10.5. The quantitative estimate of drug-likeness (QED) is 0.746. The van der Waals surface area contributed by atoms with Crippen LogP contribution in [0.25, 0.3) is 11.1 Å². The molecule has 0 aliphatic rings. The predicted molar refractivity (Wildman–Crippen MR) is 68.9 cm³/mol. The second-order valence-electron chi connectivity index (χ2n) is 3.88. The molecule has 0 aliphatic carbocycles. The number of ether oxygens (including phenoxy) is 1. The molecule has 3 aromatic rings. The van der Waals surface area contributed by atoms with Crippen molar-refractivity contribution in [2.75, 3.05) is 0 Å². The Labute approximate surface area is 113 Å². The monoisotopic (exact) mass is 276 g/mol. The molecule has 5 nitrogen and oxygen atoms in total. The molecule has 0 amide bonds. The van der Waals surface area contributed by atoms with Crippen molar-refractivity contribution in [2.24, 2.45) is 0 Å². The third-order valence-electron chi connectivity index (χ3n) is 2.53. The van der Waals surface area contributed by atoms with Crippen molar-refractivity contribution >= 4 is 28.7 Å². The molecule has 0 atom stereocenters. The second-order valence-corrected chi connectivity index (χ2v) is 4.32. The first-order chi connectivity index (χ1) is 9.22.